The standard InChI is InChI=1S/C8H7NO3/c10-8-6(3-5-11-8)12-7-2-1-4-9-7/h1-5,9-10H. The predicted molar refractivity (Wildman–Crippen MR) is 41.2 cm³/mol. The van der Waals surface area contributed by atoms with E-state index in [-0.39, 0.29) is 5.95 Å². The zero-order valence-corrected chi connectivity index (χ0v) is 6.15. The Morgan fingerprint density at radius 2 is 2.33 bits per heavy atom. The Balaban J connectivity index is 2.20. The Morgan fingerprint density at radius 1 is 1.42 bits per heavy atom. The number of rotatable bonds is 2. The molecule has 0 aliphatic heterocycles. The molecule has 0 saturated heterocycles. The number of aromatic nitrogens is 1. The van der Waals surface area contributed by atoms with Crippen molar-refractivity contribution in [1.82, 2.24) is 4.98 Å². The average molecular weight is 165 g/mol. The Labute approximate surface area is 68.4 Å². The van der Waals surface area contributed by atoms with E-state index in [9.17, 15) is 0 Å². The summed E-state index contributed by atoms with van der Waals surface area (Å²) in [5.74, 6) is 0.647. The Bertz CT molecular complexity index is 350. The summed E-state index contributed by atoms with van der Waals surface area (Å²) in [4.78, 5) is 2.83. The second-order valence-electron chi connectivity index (χ2n) is 2.23. The van der Waals surface area contributed by atoms with Crippen molar-refractivity contribution in [3.8, 4) is 17.6 Å². The van der Waals surface area contributed by atoms with Crippen LogP contribution < -0.4 is 4.74 Å². The number of nitrogens with one attached hydrogen (secondary N) is 1. The maximum Gasteiger partial charge on any atom is 0.326 e. The minimum Gasteiger partial charge on any atom is -0.478 e. The van der Waals surface area contributed by atoms with Gasteiger partial charge in [0.2, 0.25) is 5.75 Å². The van der Waals surface area contributed by atoms with Gasteiger partial charge in [-0.15, -0.1) is 0 Å². The lowest BCUT2D eigenvalue weighted by molar-refractivity contribution is 0.308. The van der Waals surface area contributed by atoms with Crippen molar-refractivity contribution in [2.45, 2.75) is 0 Å². The van der Waals surface area contributed by atoms with E-state index < -0.39 is 0 Å². The van der Waals surface area contributed by atoms with Crippen LogP contribution in [0, 0.1) is 0 Å². The summed E-state index contributed by atoms with van der Waals surface area (Å²) in [5, 5.41) is 9.04. The van der Waals surface area contributed by atoms with E-state index in [4.69, 9.17) is 9.84 Å². The molecule has 62 valence electrons. The van der Waals surface area contributed by atoms with Gasteiger partial charge >= 0.3 is 5.95 Å². The molecule has 0 fully saturated rings. The third-order valence-electron chi connectivity index (χ3n) is 1.40. The van der Waals surface area contributed by atoms with E-state index in [1.807, 2.05) is 0 Å². The van der Waals surface area contributed by atoms with Crippen LogP contribution in [0.5, 0.6) is 17.6 Å². The quantitative estimate of drug-likeness (QED) is 0.716. The largest absolute Gasteiger partial charge is 0.478 e. The zero-order chi connectivity index (χ0) is 8.39. The van der Waals surface area contributed by atoms with Crippen molar-refractivity contribution < 1.29 is 14.3 Å². The van der Waals surface area contributed by atoms with Gasteiger partial charge in [-0.05, 0) is 6.07 Å². The number of hydrogen-bond donors (Lipinski definition) is 2. The monoisotopic (exact) mass is 165 g/mol. The molecule has 0 atom stereocenters. The van der Waals surface area contributed by atoms with Gasteiger partial charge in [0, 0.05) is 18.3 Å². The summed E-state index contributed by atoms with van der Waals surface area (Å²) in [6.45, 7) is 0. The van der Waals surface area contributed by atoms with Crippen LogP contribution in [0.15, 0.2) is 35.1 Å². The number of ether oxygens (including phenoxy) is 1. The average Bonchev–Trinajstić information content (AvgIpc) is 2.65. The van der Waals surface area contributed by atoms with Crippen LogP contribution in [-0.2, 0) is 0 Å². The molecule has 0 amide bonds. The lowest BCUT2D eigenvalue weighted by Gasteiger charge is -1.97. The summed E-state index contributed by atoms with van der Waals surface area (Å²) in [5.41, 5.74) is 0. The van der Waals surface area contributed by atoms with Crippen LogP contribution in [0.1, 0.15) is 0 Å². The van der Waals surface area contributed by atoms with Gasteiger partial charge in [0.25, 0.3) is 0 Å². The molecule has 0 spiro atoms. The van der Waals surface area contributed by atoms with Gasteiger partial charge < -0.3 is 19.2 Å². The highest BCUT2D eigenvalue weighted by Gasteiger charge is 2.06. The molecule has 0 aromatic carbocycles. The molecule has 0 radical (unpaired) electrons. The first kappa shape index (κ1) is 6.84. The molecule has 2 aromatic heterocycles. The van der Waals surface area contributed by atoms with E-state index in [1.54, 1.807) is 18.3 Å². The SMILES string of the molecule is Oc1occc1Oc1ccc[nH]1. The van der Waals surface area contributed by atoms with Gasteiger partial charge in [0.15, 0.2) is 5.88 Å². The summed E-state index contributed by atoms with van der Waals surface area (Å²) in [6, 6.07) is 5.08. The molecule has 0 aliphatic rings. The van der Waals surface area contributed by atoms with Gasteiger partial charge in [-0.1, -0.05) is 0 Å². The lowest BCUT2D eigenvalue weighted by Crippen LogP contribution is -1.80. The maximum atomic E-state index is 9.04. The van der Waals surface area contributed by atoms with Crippen molar-refractivity contribution in [3.63, 3.8) is 0 Å². The van der Waals surface area contributed by atoms with Gasteiger partial charge in [0.05, 0.1) is 6.26 Å². The molecule has 2 N–H and O–H groups in total. The molecule has 2 aromatic rings. The van der Waals surface area contributed by atoms with Crippen molar-refractivity contribution in [2.24, 2.45) is 0 Å². The number of aromatic hydroxyl groups is 1. The third kappa shape index (κ3) is 1.14. The molecule has 2 rings (SSSR count). The molecule has 0 aliphatic carbocycles. The van der Waals surface area contributed by atoms with E-state index in [2.05, 4.69) is 9.40 Å². The number of aromatic amines is 1. The molecule has 2 heterocycles. The molecule has 0 bridgehead atoms. The normalized spacial score (nSPS) is 10.0. The first-order chi connectivity index (χ1) is 5.86. The van der Waals surface area contributed by atoms with Crippen molar-refractivity contribution in [2.75, 3.05) is 0 Å². The number of hydrogen-bond acceptors (Lipinski definition) is 3. The topological polar surface area (TPSA) is 58.4 Å². The summed E-state index contributed by atoms with van der Waals surface area (Å²) in [6.07, 6.45) is 3.08. The van der Waals surface area contributed by atoms with E-state index in [0.717, 1.165) is 0 Å². The van der Waals surface area contributed by atoms with Crippen LogP contribution in [0.3, 0.4) is 0 Å². The Hall–Kier alpha value is -1.84. The first-order valence-electron chi connectivity index (χ1n) is 3.44. The van der Waals surface area contributed by atoms with E-state index >= 15 is 0 Å². The summed E-state index contributed by atoms with van der Waals surface area (Å²) < 4.78 is 9.82. The minimum atomic E-state index is -0.218. The third-order valence-corrected chi connectivity index (χ3v) is 1.40. The number of H-pyrrole nitrogens is 1. The van der Waals surface area contributed by atoms with Crippen molar-refractivity contribution in [3.05, 3.63) is 30.7 Å². The van der Waals surface area contributed by atoms with Crippen molar-refractivity contribution >= 4 is 0 Å². The highest BCUT2D eigenvalue weighted by atomic mass is 16.5. The fourth-order valence-electron chi connectivity index (χ4n) is 0.863. The smallest absolute Gasteiger partial charge is 0.326 e. The Morgan fingerprint density at radius 3 is 2.92 bits per heavy atom. The van der Waals surface area contributed by atoms with Gasteiger partial charge in [-0.2, -0.15) is 0 Å². The Kier molecular flexibility index (Phi) is 1.51. The minimum absolute atomic E-state index is 0.218. The number of furan rings is 1. The first-order valence-corrected chi connectivity index (χ1v) is 3.44. The van der Waals surface area contributed by atoms with Crippen LogP contribution in [0.25, 0.3) is 0 Å². The van der Waals surface area contributed by atoms with Crippen LogP contribution in [0.4, 0.5) is 0 Å². The second kappa shape index (κ2) is 2.65. The highest BCUT2D eigenvalue weighted by Crippen LogP contribution is 2.30. The summed E-state index contributed by atoms with van der Waals surface area (Å²) >= 11 is 0. The molecule has 4 nitrogen and oxygen atoms in total. The molecular formula is C8H7NO3. The zero-order valence-electron chi connectivity index (χ0n) is 6.15. The second-order valence-corrected chi connectivity index (χ2v) is 2.23. The predicted octanol–water partition coefficient (Wildman–Crippen LogP) is 2.11. The molecule has 12 heavy (non-hydrogen) atoms. The van der Waals surface area contributed by atoms with Crippen molar-refractivity contribution in [1.29, 1.82) is 0 Å². The van der Waals surface area contributed by atoms with Crippen LogP contribution in [0.2, 0.25) is 0 Å². The molecule has 0 unspecified atom stereocenters. The molecular weight excluding hydrogens is 158 g/mol. The molecule has 0 saturated carbocycles. The van der Waals surface area contributed by atoms with Gasteiger partial charge in [-0.3, -0.25) is 0 Å². The van der Waals surface area contributed by atoms with Crippen LogP contribution >= 0.6 is 0 Å². The fraction of sp³-hybridized carbons (Fsp3) is 0. The van der Waals surface area contributed by atoms with E-state index in [0.29, 0.717) is 11.6 Å². The maximum absolute atomic E-state index is 9.04. The lowest BCUT2D eigenvalue weighted by atomic mass is 10.5. The summed E-state index contributed by atoms with van der Waals surface area (Å²) in [7, 11) is 0. The van der Waals surface area contributed by atoms with E-state index in [1.165, 1.54) is 12.3 Å². The highest BCUT2D eigenvalue weighted by molar-refractivity contribution is 5.32. The van der Waals surface area contributed by atoms with Gasteiger partial charge in [-0.25, -0.2) is 0 Å². The van der Waals surface area contributed by atoms with Gasteiger partial charge in [0.1, 0.15) is 0 Å². The fourth-order valence-corrected chi connectivity index (χ4v) is 0.863. The molecule has 4 heteroatoms. The van der Waals surface area contributed by atoms with Crippen LogP contribution in [-0.4, -0.2) is 10.1 Å².